The smallest absolute Gasteiger partial charge is 0.0475 e. The van der Waals surface area contributed by atoms with Crippen molar-refractivity contribution in [2.24, 2.45) is 5.41 Å². The summed E-state index contributed by atoms with van der Waals surface area (Å²) in [5, 5.41) is 3.54. The third-order valence-corrected chi connectivity index (χ3v) is 5.79. The summed E-state index contributed by atoms with van der Waals surface area (Å²) in [5.74, 6) is 0. The van der Waals surface area contributed by atoms with Gasteiger partial charge in [-0.1, -0.05) is 25.1 Å². The number of nitrogens with zero attached hydrogens (tertiary/aromatic N) is 1. The summed E-state index contributed by atoms with van der Waals surface area (Å²) < 4.78 is 5.63. The summed E-state index contributed by atoms with van der Waals surface area (Å²) in [6, 6.07) is 9.08. The minimum absolute atomic E-state index is 0. The number of nitrogens with one attached hydrogen (secondary N) is 1. The lowest BCUT2D eigenvalue weighted by Gasteiger charge is -2.36. The third kappa shape index (κ3) is 2.64. The van der Waals surface area contributed by atoms with Crippen molar-refractivity contribution in [1.29, 1.82) is 0 Å². The Morgan fingerprint density at radius 2 is 1.95 bits per heavy atom. The fourth-order valence-electron chi connectivity index (χ4n) is 4.53. The first-order valence-corrected chi connectivity index (χ1v) is 8.34. The van der Waals surface area contributed by atoms with Crippen LogP contribution in [0.25, 0.3) is 0 Å². The number of hydrogen-bond acceptors (Lipinski definition) is 3. The van der Waals surface area contributed by atoms with Crippen molar-refractivity contribution in [3.63, 3.8) is 0 Å². The molecule has 3 heterocycles. The maximum atomic E-state index is 5.63. The SMILES string of the molecule is CC1(CN2CC3(CCOCC3)c3ccccc32)CCNC1.Cl. The molecule has 1 atom stereocenters. The molecule has 1 aromatic rings. The molecule has 1 N–H and O–H groups in total. The van der Waals surface area contributed by atoms with Gasteiger partial charge < -0.3 is 15.0 Å². The Kier molecular flexibility index (Phi) is 4.41. The van der Waals surface area contributed by atoms with E-state index in [1.54, 1.807) is 5.56 Å². The van der Waals surface area contributed by atoms with Gasteiger partial charge in [0.1, 0.15) is 0 Å². The van der Waals surface area contributed by atoms with Gasteiger partial charge in [0, 0.05) is 44.0 Å². The van der Waals surface area contributed by atoms with Gasteiger partial charge in [-0.2, -0.15) is 0 Å². The number of ether oxygens (including phenoxy) is 1. The van der Waals surface area contributed by atoms with Crippen molar-refractivity contribution >= 4 is 18.1 Å². The first-order chi connectivity index (χ1) is 10.2. The van der Waals surface area contributed by atoms with Crippen molar-refractivity contribution in [3.05, 3.63) is 29.8 Å². The topological polar surface area (TPSA) is 24.5 Å². The second kappa shape index (κ2) is 6.03. The van der Waals surface area contributed by atoms with Gasteiger partial charge in [0.2, 0.25) is 0 Å². The van der Waals surface area contributed by atoms with E-state index in [2.05, 4.69) is 41.4 Å². The second-order valence-electron chi connectivity index (χ2n) is 7.50. The van der Waals surface area contributed by atoms with E-state index in [1.807, 2.05) is 0 Å². The van der Waals surface area contributed by atoms with Crippen LogP contribution in [0.15, 0.2) is 24.3 Å². The standard InChI is InChI=1S/C18H26N2O.ClH/c1-17(6-9-19-12-17)13-20-14-18(7-10-21-11-8-18)15-4-2-3-5-16(15)20;/h2-5,19H,6-14H2,1H3;1H. The maximum Gasteiger partial charge on any atom is 0.0475 e. The van der Waals surface area contributed by atoms with E-state index in [0.717, 1.165) is 19.8 Å². The molecule has 2 fully saturated rings. The van der Waals surface area contributed by atoms with Crippen LogP contribution in [0.4, 0.5) is 5.69 Å². The Labute approximate surface area is 139 Å². The number of hydrogen-bond donors (Lipinski definition) is 1. The molecule has 122 valence electrons. The van der Waals surface area contributed by atoms with Gasteiger partial charge in [0.25, 0.3) is 0 Å². The van der Waals surface area contributed by atoms with E-state index >= 15 is 0 Å². The first-order valence-electron chi connectivity index (χ1n) is 8.34. The van der Waals surface area contributed by atoms with Crippen LogP contribution in [-0.4, -0.2) is 39.4 Å². The first kappa shape index (κ1) is 16.1. The lowest BCUT2D eigenvalue weighted by molar-refractivity contribution is 0.0550. The summed E-state index contributed by atoms with van der Waals surface area (Å²) >= 11 is 0. The van der Waals surface area contributed by atoms with Gasteiger partial charge >= 0.3 is 0 Å². The average molecular weight is 323 g/mol. The predicted octanol–water partition coefficient (Wildman–Crippen LogP) is 2.98. The lowest BCUT2D eigenvalue weighted by atomic mass is 9.76. The molecule has 3 nitrogen and oxygen atoms in total. The molecule has 0 aliphatic carbocycles. The normalized spacial score (nSPS) is 29.4. The molecule has 0 amide bonds. The summed E-state index contributed by atoms with van der Waals surface area (Å²) in [7, 11) is 0. The third-order valence-electron chi connectivity index (χ3n) is 5.79. The van der Waals surface area contributed by atoms with Gasteiger partial charge in [0.05, 0.1) is 0 Å². The zero-order chi connectivity index (χ0) is 14.3. The van der Waals surface area contributed by atoms with E-state index in [9.17, 15) is 0 Å². The van der Waals surface area contributed by atoms with Crippen LogP contribution in [0.1, 0.15) is 31.7 Å². The minimum atomic E-state index is 0. The van der Waals surface area contributed by atoms with Crippen LogP contribution in [0.5, 0.6) is 0 Å². The van der Waals surface area contributed by atoms with E-state index in [0.29, 0.717) is 10.8 Å². The Morgan fingerprint density at radius 3 is 2.68 bits per heavy atom. The van der Waals surface area contributed by atoms with Gasteiger partial charge in [-0.3, -0.25) is 0 Å². The van der Waals surface area contributed by atoms with Crippen LogP contribution in [0.2, 0.25) is 0 Å². The highest BCUT2D eigenvalue weighted by molar-refractivity contribution is 5.85. The fraction of sp³-hybridized carbons (Fsp3) is 0.667. The molecule has 4 rings (SSSR count). The van der Waals surface area contributed by atoms with Crippen molar-refractivity contribution in [1.82, 2.24) is 5.32 Å². The van der Waals surface area contributed by atoms with Crippen LogP contribution in [-0.2, 0) is 10.2 Å². The highest BCUT2D eigenvalue weighted by Crippen LogP contribution is 2.47. The summed E-state index contributed by atoms with van der Waals surface area (Å²) in [4.78, 5) is 2.66. The molecular formula is C18H27ClN2O. The van der Waals surface area contributed by atoms with Crippen LogP contribution in [0.3, 0.4) is 0 Å². The number of para-hydroxylation sites is 1. The number of halogens is 1. The molecule has 3 aliphatic heterocycles. The lowest BCUT2D eigenvalue weighted by Crippen LogP contribution is -2.42. The van der Waals surface area contributed by atoms with Gasteiger partial charge in [0.15, 0.2) is 0 Å². The molecule has 0 radical (unpaired) electrons. The zero-order valence-electron chi connectivity index (χ0n) is 13.4. The monoisotopic (exact) mass is 322 g/mol. The maximum absolute atomic E-state index is 5.63. The van der Waals surface area contributed by atoms with Crippen molar-refractivity contribution < 1.29 is 4.74 Å². The van der Waals surface area contributed by atoms with E-state index in [-0.39, 0.29) is 12.4 Å². The quantitative estimate of drug-likeness (QED) is 0.906. The molecule has 1 spiro atoms. The number of rotatable bonds is 2. The molecule has 1 aromatic carbocycles. The number of fused-ring (bicyclic) bond motifs is 2. The Morgan fingerprint density at radius 1 is 1.18 bits per heavy atom. The molecule has 1 unspecified atom stereocenters. The van der Waals surface area contributed by atoms with Crippen LogP contribution in [0, 0.1) is 5.41 Å². The fourth-order valence-corrected chi connectivity index (χ4v) is 4.53. The Bertz CT molecular complexity index is 522. The predicted molar refractivity (Wildman–Crippen MR) is 93.2 cm³/mol. The van der Waals surface area contributed by atoms with Crippen molar-refractivity contribution in [2.45, 2.75) is 31.6 Å². The molecular weight excluding hydrogens is 296 g/mol. The molecule has 3 aliphatic rings. The minimum Gasteiger partial charge on any atom is -0.381 e. The molecule has 4 heteroatoms. The Hall–Kier alpha value is -0.770. The second-order valence-corrected chi connectivity index (χ2v) is 7.50. The van der Waals surface area contributed by atoms with Crippen LogP contribution >= 0.6 is 12.4 Å². The van der Waals surface area contributed by atoms with Crippen LogP contribution < -0.4 is 10.2 Å². The molecule has 0 saturated carbocycles. The van der Waals surface area contributed by atoms with Crippen molar-refractivity contribution in [3.8, 4) is 0 Å². The average Bonchev–Trinajstić information content (AvgIpc) is 3.05. The number of anilines is 1. The van der Waals surface area contributed by atoms with E-state index in [1.165, 1.54) is 44.6 Å². The molecule has 22 heavy (non-hydrogen) atoms. The van der Waals surface area contributed by atoms with Gasteiger partial charge in [-0.15, -0.1) is 12.4 Å². The summed E-state index contributed by atoms with van der Waals surface area (Å²) in [6.07, 6.45) is 3.65. The molecule has 2 saturated heterocycles. The highest BCUT2D eigenvalue weighted by Gasteiger charge is 2.45. The largest absolute Gasteiger partial charge is 0.381 e. The molecule has 0 aromatic heterocycles. The van der Waals surface area contributed by atoms with E-state index < -0.39 is 0 Å². The summed E-state index contributed by atoms with van der Waals surface area (Å²) in [6.45, 7) is 8.96. The van der Waals surface area contributed by atoms with Gasteiger partial charge in [-0.25, -0.2) is 0 Å². The zero-order valence-corrected chi connectivity index (χ0v) is 14.3. The highest BCUT2D eigenvalue weighted by atomic mass is 35.5. The summed E-state index contributed by atoms with van der Waals surface area (Å²) in [5.41, 5.74) is 3.82. The van der Waals surface area contributed by atoms with Gasteiger partial charge in [-0.05, 0) is 42.9 Å². The number of benzene rings is 1. The Balaban J connectivity index is 0.00000144. The van der Waals surface area contributed by atoms with Crippen molar-refractivity contribution in [2.75, 3.05) is 44.3 Å². The van der Waals surface area contributed by atoms with E-state index in [4.69, 9.17) is 4.74 Å². The molecule has 0 bridgehead atoms.